The summed E-state index contributed by atoms with van der Waals surface area (Å²) in [6.45, 7) is 1.03. The summed E-state index contributed by atoms with van der Waals surface area (Å²) in [5.74, 6) is -0.614. The van der Waals surface area contributed by atoms with E-state index in [9.17, 15) is 22.4 Å². The van der Waals surface area contributed by atoms with E-state index in [-0.39, 0.29) is 17.3 Å². The van der Waals surface area contributed by atoms with Gasteiger partial charge in [0.15, 0.2) is 0 Å². The number of nitrogens with zero attached hydrogens (tertiary/aromatic N) is 2. The number of aromatic nitrogens is 2. The Morgan fingerprint density at radius 3 is 2.61 bits per heavy atom. The second-order valence-electron chi connectivity index (χ2n) is 6.95. The molecule has 0 radical (unpaired) electrons. The zero-order valence-electron chi connectivity index (χ0n) is 14.8. The lowest BCUT2D eigenvalue weighted by molar-refractivity contribution is -0.140. The van der Waals surface area contributed by atoms with Crippen LogP contribution in [0.25, 0.3) is 11.0 Å². The number of rotatable bonds is 2. The molecule has 1 atom stereocenters. The van der Waals surface area contributed by atoms with Crippen molar-refractivity contribution in [1.82, 2.24) is 14.9 Å². The van der Waals surface area contributed by atoms with E-state index in [1.165, 1.54) is 30.3 Å². The van der Waals surface area contributed by atoms with Gasteiger partial charge in [0, 0.05) is 30.3 Å². The molecule has 1 unspecified atom stereocenters. The zero-order chi connectivity index (χ0) is 19.9. The first-order chi connectivity index (χ1) is 13.3. The van der Waals surface area contributed by atoms with Crippen LogP contribution >= 0.6 is 0 Å². The van der Waals surface area contributed by atoms with Crippen molar-refractivity contribution in [1.29, 1.82) is 0 Å². The van der Waals surface area contributed by atoms with Crippen LogP contribution in [0.4, 0.5) is 17.6 Å². The summed E-state index contributed by atoms with van der Waals surface area (Å²) >= 11 is 0. The molecule has 1 aliphatic rings. The monoisotopic (exact) mass is 391 g/mol. The van der Waals surface area contributed by atoms with Crippen LogP contribution in [-0.4, -0.2) is 33.9 Å². The summed E-state index contributed by atoms with van der Waals surface area (Å²) in [5, 5.41) is 0. The highest BCUT2D eigenvalue weighted by molar-refractivity contribution is 5.94. The normalized spacial score (nSPS) is 17.9. The third-order valence-electron chi connectivity index (χ3n) is 5.03. The number of H-pyrrole nitrogens is 1. The number of carbonyl (C=O) groups is 1. The molecule has 28 heavy (non-hydrogen) atoms. The molecule has 3 aromatic rings. The van der Waals surface area contributed by atoms with E-state index in [0.717, 1.165) is 24.6 Å². The van der Waals surface area contributed by atoms with Crippen LogP contribution in [0.2, 0.25) is 0 Å². The van der Waals surface area contributed by atoms with Gasteiger partial charge in [-0.3, -0.25) is 4.79 Å². The quantitative estimate of drug-likeness (QED) is 0.642. The molecule has 146 valence electrons. The van der Waals surface area contributed by atoms with Gasteiger partial charge in [-0.25, -0.2) is 9.37 Å². The Hall–Kier alpha value is -2.90. The third-order valence-corrected chi connectivity index (χ3v) is 5.03. The fourth-order valence-electron chi connectivity index (χ4n) is 3.60. The van der Waals surface area contributed by atoms with Crippen LogP contribution in [0.3, 0.4) is 0 Å². The minimum Gasteiger partial charge on any atom is -0.357 e. The Morgan fingerprint density at radius 2 is 1.89 bits per heavy atom. The molecule has 0 aliphatic carbocycles. The van der Waals surface area contributed by atoms with Crippen molar-refractivity contribution in [3.63, 3.8) is 0 Å². The van der Waals surface area contributed by atoms with Crippen molar-refractivity contribution in [2.45, 2.75) is 24.9 Å². The number of fused-ring (bicyclic) bond motifs is 1. The highest BCUT2D eigenvalue weighted by Gasteiger charge is 2.33. The highest BCUT2D eigenvalue weighted by Crippen LogP contribution is 2.32. The van der Waals surface area contributed by atoms with Crippen molar-refractivity contribution < 1.29 is 22.4 Å². The van der Waals surface area contributed by atoms with Crippen LogP contribution in [0.5, 0.6) is 0 Å². The summed E-state index contributed by atoms with van der Waals surface area (Å²) in [6.07, 6.45) is -2.91. The van der Waals surface area contributed by atoms with Crippen molar-refractivity contribution in [2.24, 2.45) is 0 Å². The van der Waals surface area contributed by atoms with Crippen LogP contribution in [-0.2, 0) is 6.18 Å². The molecule has 1 amide bonds. The first-order valence-electron chi connectivity index (χ1n) is 8.93. The van der Waals surface area contributed by atoms with Gasteiger partial charge in [-0.2, -0.15) is 13.2 Å². The molecule has 4 rings (SSSR count). The van der Waals surface area contributed by atoms with Gasteiger partial charge in [-0.05, 0) is 55.3 Å². The molecule has 1 fully saturated rings. The number of amides is 1. The largest absolute Gasteiger partial charge is 0.433 e. The summed E-state index contributed by atoms with van der Waals surface area (Å²) in [5.41, 5.74) is 1.03. The Kier molecular flexibility index (Phi) is 4.56. The third kappa shape index (κ3) is 3.58. The van der Waals surface area contributed by atoms with E-state index in [2.05, 4.69) is 9.97 Å². The minimum atomic E-state index is -4.49. The predicted molar refractivity (Wildman–Crippen MR) is 95.4 cm³/mol. The Morgan fingerprint density at radius 1 is 1.14 bits per heavy atom. The van der Waals surface area contributed by atoms with Gasteiger partial charge >= 0.3 is 6.18 Å². The van der Waals surface area contributed by atoms with Crippen LogP contribution in [0, 0.1) is 5.82 Å². The first kappa shape index (κ1) is 18.5. The molecule has 2 aromatic heterocycles. The van der Waals surface area contributed by atoms with E-state index < -0.39 is 17.7 Å². The molecule has 4 nitrogen and oxygen atoms in total. The van der Waals surface area contributed by atoms with Crippen molar-refractivity contribution in [3.05, 3.63) is 65.2 Å². The molecular weight excluding hydrogens is 374 g/mol. The zero-order valence-corrected chi connectivity index (χ0v) is 14.8. The van der Waals surface area contributed by atoms with Gasteiger partial charge in [0.1, 0.15) is 11.5 Å². The molecule has 8 heteroatoms. The number of alkyl halides is 3. The standard InChI is InChI=1S/C20H17F4N3O/c21-14-5-3-12(4-6-14)19(28)27-9-1-2-13(11-27)16-10-17-15(25-16)7-8-18(26-17)20(22,23)24/h3-8,10,13,25H,1-2,9,11H2. The number of nitrogens with one attached hydrogen (secondary N) is 1. The van der Waals surface area contributed by atoms with Gasteiger partial charge in [0.05, 0.1) is 11.0 Å². The highest BCUT2D eigenvalue weighted by atomic mass is 19.4. The van der Waals surface area contributed by atoms with E-state index in [1.54, 1.807) is 11.0 Å². The SMILES string of the molecule is O=C(c1ccc(F)cc1)N1CCCC(c2cc3nc(C(F)(F)F)ccc3[nH]2)C1. The Labute approximate surface area is 158 Å². The number of piperidine rings is 1. The number of halogens is 4. The van der Waals surface area contributed by atoms with Gasteiger partial charge in [0.25, 0.3) is 5.91 Å². The number of hydrogen-bond acceptors (Lipinski definition) is 2. The Balaban J connectivity index is 1.55. The van der Waals surface area contributed by atoms with Gasteiger partial charge in [-0.15, -0.1) is 0 Å². The predicted octanol–water partition coefficient (Wildman–Crippen LogP) is 4.74. The average Bonchev–Trinajstić information content (AvgIpc) is 3.11. The molecule has 1 aromatic carbocycles. The fraction of sp³-hybridized carbons (Fsp3) is 0.300. The molecular formula is C20H17F4N3O. The topological polar surface area (TPSA) is 49.0 Å². The summed E-state index contributed by atoms with van der Waals surface area (Å²) < 4.78 is 51.7. The van der Waals surface area contributed by atoms with E-state index >= 15 is 0 Å². The average molecular weight is 391 g/mol. The Bertz CT molecular complexity index is 1010. The maximum absolute atomic E-state index is 13.1. The summed E-state index contributed by atoms with van der Waals surface area (Å²) in [6, 6.07) is 9.35. The number of carbonyl (C=O) groups excluding carboxylic acids is 1. The first-order valence-corrected chi connectivity index (χ1v) is 8.93. The van der Waals surface area contributed by atoms with E-state index in [4.69, 9.17) is 0 Å². The number of benzene rings is 1. The lowest BCUT2D eigenvalue weighted by Crippen LogP contribution is -2.39. The molecule has 0 saturated carbocycles. The second-order valence-corrected chi connectivity index (χ2v) is 6.95. The summed E-state index contributed by atoms with van der Waals surface area (Å²) in [4.78, 5) is 21.2. The maximum atomic E-state index is 13.1. The summed E-state index contributed by atoms with van der Waals surface area (Å²) in [7, 11) is 0. The fourth-order valence-corrected chi connectivity index (χ4v) is 3.60. The molecule has 0 bridgehead atoms. The molecule has 1 aliphatic heterocycles. The van der Waals surface area contributed by atoms with Crippen molar-refractivity contribution >= 4 is 16.9 Å². The number of likely N-dealkylation sites (tertiary alicyclic amines) is 1. The maximum Gasteiger partial charge on any atom is 0.433 e. The van der Waals surface area contributed by atoms with Crippen molar-refractivity contribution in [2.75, 3.05) is 13.1 Å². The molecule has 3 heterocycles. The molecule has 1 saturated heterocycles. The van der Waals surface area contributed by atoms with Crippen molar-refractivity contribution in [3.8, 4) is 0 Å². The van der Waals surface area contributed by atoms with Crippen LogP contribution < -0.4 is 0 Å². The second kappa shape index (κ2) is 6.92. The van der Waals surface area contributed by atoms with E-state index in [0.29, 0.717) is 24.2 Å². The number of pyridine rings is 1. The van der Waals surface area contributed by atoms with E-state index in [1.807, 2.05) is 0 Å². The smallest absolute Gasteiger partial charge is 0.357 e. The van der Waals surface area contributed by atoms with Crippen LogP contribution in [0.15, 0.2) is 42.5 Å². The minimum absolute atomic E-state index is 0.0262. The lowest BCUT2D eigenvalue weighted by atomic mass is 9.94. The number of aromatic amines is 1. The molecule has 1 N–H and O–H groups in total. The van der Waals surface area contributed by atoms with Crippen LogP contribution in [0.1, 0.15) is 40.5 Å². The molecule has 0 spiro atoms. The van der Waals surface area contributed by atoms with Gasteiger partial charge < -0.3 is 9.88 Å². The van der Waals surface area contributed by atoms with Gasteiger partial charge in [0.2, 0.25) is 0 Å². The van der Waals surface area contributed by atoms with Gasteiger partial charge in [-0.1, -0.05) is 0 Å². The lowest BCUT2D eigenvalue weighted by Gasteiger charge is -2.32. The number of hydrogen-bond donors (Lipinski definition) is 1.